The van der Waals surface area contributed by atoms with Crippen molar-refractivity contribution < 1.29 is 4.79 Å². The number of hydrogen-bond acceptors (Lipinski definition) is 4. The summed E-state index contributed by atoms with van der Waals surface area (Å²) in [5, 5.41) is 6.56. The fraction of sp³-hybridized carbons (Fsp3) is 0.188. The molecular formula is C16H15N5O. The minimum absolute atomic E-state index is 0.244. The van der Waals surface area contributed by atoms with Gasteiger partial charge in [0.25, 0.3) is 5.91 Å². The number of pyridine rings is 1. The normalized spacial score (nSPS) is 15.0. The van der Waals surface area contributed by atoms with Crippen LogP contribution in [0.5, 0.6) is 0 Å². The fourth-order valence-electron chi connectivity index (χ4n) is 2.82. The number of primary amides is 1. The maximum absolute atomic E-state index is 11.1. The van der Waals surface area contributed by atoms with Gasteiger partial charge in [-0.15, -0.1) is 0 Å². The summed E-state index contributed by atoms with van der Waals surface area (Å²) < 4.78 is 1.81. The largest absolute Gasteiger partial charge is 0.366 e. The third-order valence-electron chi connectivity index (χ3n) is 4.07. The predicted octanol–water partition coefficient (Wildman–Crippen LogP) is 1.59. The SMILES string of the molecule is NC(=O)c1cnn(C2CN(c3nccc4ccccc34)C2)c1. The second-order valence-electron chi connectivity index (χ2n) is 5.49. The monoisotopic (exact) mass is 293 g/mol. The van der Waals surface area contributed by atoms with Crippen molar-refractivity contribution >= 4 is 22.5 Å². The van der Waals surface area contributed by atoms with Gasteiger partial charge in [-0.2, -0.15) is 5.10 Å². The average molecular weight is 293 g/mol. The highest BCUT2D eigenvalue weighted by molar-refractivity contribution is 5.93. The maximum atomic E-state index is 11.1. The number of fused-ring (bicyclic) bond motifs is 1. The van der Waals surface area contributed by atoms with Crippen molar-refractivity contribution in [3.63, 3.8) is 0 Å². The van der Waals surface area contributed by atoms with Crippen molar-refractivity contribution in [2.24, 2.45) is 5.73 Å². The number of amides is 1. The molecule has 4 rings (SSSR count). The lowest BCUT2D eigenvalue weighted by atomic mass is 10.1. The summed E-state index contributed by atoms with van der Waals surface area (Å²) in [5.41, 5.74) is 5.70. The third kappa shape index (κ3) is 2.00. The zero-order chi connectivity index (χ0) is 15.1. The summed E-state index contributed by atoms with van der Waals surface area (Å²) in [5.74, 6) is 0.551. The molecule has 1 saturated heterocycles. The average Bonchev–Trinajstić information content (AvgIpc) is 2.96. The van der Waals surface area contributed by atoms with Gasteiger partial charge in [0.05, 0.1) is 17.8 Å². The molecule has 0 atom stereocenters. The van der Waals surface area contributed by atoms with Crippen LogP contribution in [-0.4, -0.2) is 33.8 Å². The summed E-state index contributed by atoms with van der Waals surface area (Å²) in [6, 6.07) is 10.5. The standard InChI is InChI=1S/C16H15N5O/c17-15(22)12-7-19-21(8-12)13-9-20(10-13)16-14-4-2-1-3-11(14)5-6-18-16/h1-8,13H,9-10H2,(H2,17,22). The second-order valence-corrected chi connectivity index (χ2v) is 5.49. The Hall–Kier alpha value is -2.89. The first-order valence-electron chi connectivity index (χ1n) is 7.15. The highest BCUT2D eigenvalue weighted by Crippen LogP contribution is 2.31. The molecule has 1 aliphatic heterocycles. The van der Waals surface area contributed by atoms with Crippen molar-refractivity contribution in [1.82, 2.24) is 14.8 Å². The van der Waals surface area contributed by atoms with Gasteiger partial charge in [-0.25, -0.2) is 4.98 Å². The Labute approximate surface area is 127 Å². The Bertz CT molecular complexity index is 845. The minimum Gasteiger partial charge on any atom is -0.366 e. The van der Waals surface area contributed by atoms with Crippen LogP contribution >= 0.6 is 0 Å². The maximum Gasteiger partial charge on any atom is 0.251 e. The number of anilines is 1. The lowest BCUT2D eigenvalue weighted by molar-refractivity contribution is 0.1000. The second kappa shape index (κ2) is 4.84. The number of aromatic nitrogens is 3. The molecule has 0 spiro atoms. The molecule has 3 heterocycles. The van der Waals surface area contributed by atoms with Crippen LogP contribution in [0.15, 0.2) is 48.9 Å². The van der Waals surface area contributed by atoms with Gasteiger partial charge in [-0.3, -0.25) is 9.48 Å². The number of nitrogens with two attached hydrogens (primary N) is 1. The quantitative estimate of drug-likeness (QED) is 0.795. The number of rotatable bonds is 3. The van der Waals surface area contributed by atoms with Gasteiger partial charge in [0.1, 0.15) is 5.82 Å². The Balaban J connectivity index is 1.56. The molecule has 3 aromatic rings. The van der Waals surface area contributed by atoms with Crippen LogP contribution in [0.3, 0.4) is 0 Å². The van der Waals surface area contributed by atoms with E-state index in [4.69, 9.17) is 5.73 Å². The Morgan fingerprint density at radius 2 is 2.05 bits per heavy atom. The van der Waals surface area contributed by atoms with Gasteiger partial charge >= 0.3 is 0 Å². The Morgan fingerprint density at radius 3 is 2.82 bits per heavy atom. The zero-order valence-electron chi connectivity index (χ0n) is 11.9. The highest BCUT2D eigenvalue weighted by Gasteiger charge is 2.30. The van der Waals surface area contributed by atoms with E-state index >= 15 is 0 Å². The molecule has 6 heteroatoms. The van der Waals surface area contributed by atoms with Crippen molar-refractivity contribution in [1.29, 1.82) is 0 Å². The van der Waals surface area contributed by atoms with Crippen LogP contribution in [0, 0.1) is 0 Å². The summed E-state index contributed by atoms with van der Waals surface area (Å²) in [4.78, 5) is 17.9. The van der Waals surface area contributed by atoms with Crippen molar-refractivity contribution in [2.75, 3.05) is 18.0 Å². The molecule has 1 amide bonds. The molecule has 2 N–H and O–H groups in total. The van der Waals surface area contributed by atoms with E-state index in [2.05, 4.69) is 27.1 Å². The fourth-order valence-corrected chi connectivity index (χ4v) is 2.82. The first-order chi connectivity index (χ1) is 10.7. The Kier molecular flexibility index (Phi) is 2.82. The van der Waals surface area contributed by atoms with Crippen molar-refractivity contribution in [2.45, 2.75) is 6.04 Å². The molecule has 22 heavy (non-hydrogen) atoms. The summed E-state index contributed by atoms with van der Waals surface area (Å²) in [6.45, 7) is 1.64. The van der Waals surface area contributed by atoms with Crippen LogP contribution in [0.25, 0.3) is 10.8 Å². The third-order valence-corrected chi connectivity index (χ3v) is 4.07. The van der Waals surface area contributed by atoms with Crippen molar-refractivity contribution in [3.8, 4) is 0 Å². The topological polar surface area (TPSA) is 77.0 Å². The van der Waals surface area contributed by atoms with E-state index in [-0.39, 0.29) is 6.04 Å². The van der Waals surface area contributed by atoms with E-state index in [9.17, 15) is 4.79 Å². The molecule has 0 radical (unpaired) electrons. The van der Waals surface area contributed by atoms with Crippen LogP contribution < -0.4 is 10.6 Å². The minimum atomic E-state index is -0.446. The number of nitrogens with zero attached hydrogens (tertiary/aromatic N) is 4. The van der Waals surface area contributed by atoms with E-state index in [1.807, 2.05) is 29.1 Å². The van der Waals surface area contributed by atoms with Gasteiger partial charge in [0, 0.05) is 30.9 Å². The van der Waals surface area contributed by atoms with Gasteiger partial charge in [0.15, 0.2) is 0 Å². The van der Waals surface area contributed by atoms with Gasteiger partial charge in [0.2, 0.25) is 0 Å². The molecule has 0 unspecified atom stereocenters. The predicted molar refractivity (Wildman–Crippen MR) is 83.7 cm³/mol. The molecule has 2 aromatic heterocycles. The summed E-state index contributed by atoms with van der Waals surface area (Å²) in [7, 11) is 0. The molecule has 0 aliphatic carbocycles. The van der Waals surface area contributed by atoms with Crippen molar-refractivity contribution in [3.05, 3.63) is 54.5 Å². The summed E-state index contributed by atoms with van der Waals surface area (Å²) >= 11 is 0. The molecule has 6 nitrogen and oxygen atoms in total. The first kappa shape index (κ1) is 12.8. The van der Waals surface area contributed by atoms with Crippen LogP contribution in [0.4, 0.5) is 5.82 Å². The van der Waals surface area contributed by atoms with E-state index in [0.29, 0.717) is 5.56 Å². The number of benzene rings is 1. The molecule has 0 bridgehead atoms. The van der Waals surface area contributed by atoms with E-state index in [0.717, 1.165) is 24.3 Å². The van der Waals surface area contributed by atoms with Crippen LogP contribution in [0.2, 0.25) is 0 Å². The smallest absolute Gasteiger partial charge is 0.251 e. The molecule has 1 aliphatic rings. The Morgan fingerprint density at radius 1 is 1.23 bits per heavy atom. The lowest BCUT2D eigenvalue weighted by Crippen LogP contribution is -2.48. The molecule has 1 aromatic carbocycles. The van der Waals surface area contributed by atoms with Gasteiger partial charge < -0.3 is 10.6 Å². The van der Waals surface area contributed by atoms with Gasteiger partial charge in [-0.1, -0.05) is 24.3 Å². The number of carbonyl (C=O) groups excluding carboxylic acids is 1. The zero-order valence-corrected chi connectivity index (χ0v) is 11.9. The molecular weight excluding hydrogens is 278 g/mol. The molecule has 0 saturated carbocycles. The van der Waals surface area contributed by atoms with Gasteiger partial charge in [-0.05, 0) is 11.5 Å². The summed E-state index contributed by atoms with van der Waals surface area (Å²) in [6.07, 6.45) is 5.06. The van der Waals surface area contributed by atoms with Crippen LogP contribution in [0.1, 0.15) is 16.4 Å². The van der Waals surface area contributed by atoms with Crippen LogP contribution in [-0.2, 0) is 0 Å². The molecule has 1 fully saturated rings. The lowest BCUT2D eigenvalue weighted by Gasteiger charge is -2.40. The molecule has 110 valence electrons. The number of carbonyl (C=O) groups is 1. The van der Waals surface area contributed by atoms with E-state index in [1.165, 1.54) is 11.6 Å². The first-order valence-corrected chi connectivity index (χ1v) is 7.15. The van der Waals surface area contributed by atoms with E-state index in [1.54, 1.807) is 6.20 Å². The number of hydrogen-bond donors (Lipinski definition) is 1. The van der Waals surface area contributed by atoms with E-state index < -0.39 is 5.91 Å². The highest BCUT2D eigenvalue weighted by atomic mass is 16.1.